The van der Waals surface area contributed by atoms with Crippen molar-refractivity contribution in [2.75, 3.05) is 57.9 Å². The highest BCUT2D eigenvalue weighted by molar-refractivity contribution is 7.99. The molecule has 9 nitrogen and oxygen atoms in total. The predicted octanol–water partition coefficient (Wildman–Crippen LogP) is 3.22. The zero-order valence-corrected chi connectivity index (χ0v) is 21.3. The van der Waals surface area contributed by atoms with Crippen molar-refractivity contribution in [3.63, 3.8) is 0 Å². The topological polar surface area (TPSA) is 124 Å². The number of benzene rings is 1. The molecule has 0 aliphatic carbocycles. The summed E-state index contributed by atoms with van der Waals surface area (Å²) in [6.07, 6.45) is 0. The first-order chi connectivity index (χ1) is 16.4. The predicted molar refractivity (Wildman–Crippen MR) is 139 cm³/mol. The number of nitrogen functional groups attached to an aromatic ring is 2. The normalized spacial score (nSPS) is 15.3. The molecule has 5 N–H and O–H groups in total. The van der Waals surface area contributed by atoms with E-state index in [9.17, 15) is 0 Å². The number of anilines is 2. The fourth-order valence-corrected chi connectivity index (χ4v) is 5.83. The molecule has 0 saturated carbocycles. The second kappa shape index (κ2) is 11.2. The Labute approximate surface area is 208 Å². The van der Waals surface area contributed by atoms with Crippen LogP contribution in [0.25, 0.3) is 10.6 Å². The van der Waals surface area contributed by atoms with Crippen molar-refractivity contribution < 1.29 is 9.47 Å². The summed E-state index contributed by atoms with van der Waals surface area (Å²) in [6.45, 7) is 9.81. The molecule has 1 atom stereocenters. The van der Waals surface area contributed by atoms with Crippen molar-refractivity contribution in [2.45, 2.75) is 24.3 Å². The Hall–Kier alpha value is -2.60. The number of rotatable bonds is 9. The molecular weight excluding hydrogens is 470 g/mol. The summed E-state index contributed by atoms with van der Waals surface area (Å²) in [7, 11) is 1.66. The van der Waals surface area contributed by atoms with E-state index in [1.54, 1.807) is 24.5 Å². The summed E-state index contributed by atoms with van der Waals surface area (Å²) in [6, 6.07) is 7.52. The van der Waals surface area contributed by atoms with Gasteiger partial charge in [-0.1, -0.05) is 11.8 Å². The summed E-state index contributed by atoms with van der Waals surface area (Å²) < 4.78 is 11.7. The molecule has 11 heteroatoms. The summed E-state index contributed by atoms with van der Waals surface area (Å²) in [5, 5.41) is 4.89. The van der Waals surface area contributed by atoms with E-state index in [0.717, 1.165) is 65.4 Å². The second-order valence-corrected chi connectivity index (χ2v) is 10.5. The highest BCUT2D eigenvalue weighted by Gasteiger charge is 2.19. The van der Waals surface area contributed by atoms with Crippen LogP contribution in [0.15, 0.2) is 29.4 Å². The zero-order chi connectivity index (χ0) is 24.1. The fourth-order valence-electron chi connectivity index (χ4n) is 3.78. The van der Waals surface area contributed by atoms with Crippen molar-refractivity contribution in [3.05, 3.63) is 34.8 Å². The number of hydrogen-bond acceptors (Lipinski definition) is 11. The molecule has 0 spiro atoms. The van der Waals surface area contributed by atoms with Crippen LogP contribution in [0.5, 0.6) is 11.5 Å². The number of thioether (sulfide) groups is 1. The van der Waals surface area contributed by atoms with Gasteiger partial charge in [-0.15, -0.1) is 11.3 Å². The molecule has 1 fully saturated rings. The van der Waals surface area contributed by atoms with Gasteiger partial charge in [-0.3, -0.25) is 4.90 Å². The number of aryl methyl sites for hydroxylation is 1. The van der Waals surface area contributed by atoms with E-state index in [1.165, 1.54) is 11.8 Å². The molecule has 1 aromatic carbocycles. The molecular formula is C23H31N7O2S2. The van der Waals surface area contributed by atoms with Gasteiger partial charge in [-0.25, -0.2) is 15.0 Å². The number of nitrogens with one attached hydrogen (secondary N) is 1. The van der Waals surface area contributed by atoms with Crippen LogP contribution in [-0.2, 0) is 0 Å². The number of aromatic nitrogens is 3. The first kappa shape index (κ1) is 24.5. The van der Waals surface area contributed by atoms with Crippen molar-refractivity contribution in [1.82, 2.24) is 25.2 Å². The van der Waals surface area contributed by atoms with Crippen LogP contribution >= 0.6 is 23.1 Å². The lowest BCUT2D eigenvalue weighted by Gasteiger charge is -2.27. The minimum absolute atomic E-state index is 0.0409. The van der Waals surface area contributed by atoms with Crippen LogP contribution in [0.1, 0.15) is 22.7 Å². The molecule has 34 heavy (non-hydrogen) atoms. The van der Waals surface area contributed by atoms with Crippen LogP contribution < -0.4 is 26.3 Å². The monoisotopic (exact) mass is 501 g/mol. The van der Waals surface area contributed by atoms with Crippen molar-refractivity contribution in [2.24, 2.45) is 0 Å². The Balaban J connectivity index is 1.48. The number of piperazine rings is 1. The molecule has 0 unspecified atom stereocenters. The molecule has 0 radical (unpaired) electrons. The van der Waals surface area contributed by atoms with Gasteiger partial charge in [-0.05, 0) is 32.0 Å². The number of hydrogen-bond donors (Lipinski definition) is 3. The van der Waals surface area contributed by atoms with Gasteiger partial charge in [0, 0.05) is 49.2 Å². The maximum Gasteiger partial charge on any atom is 0.192 e. The number of nitrogens with zero attached hydrogens (tertiary/aromatic N) is 4. The van der Waals surface area contributed by atoms with E-state index >= 15 is 0 Å². The van der Waals surface area contributed by atoms with Crippen LogP contribution in [-0.4, -0.2) is 66.3 Å². The number of methoxy groups -OCH3 is 1. The lowest BCUT2D eigenvalue weighted by Crippen LogP contribution is -2.44. The van der Waals surface area contributed by atoms with E-state index in [1.807, 2.05) is 18.2 Å². The molecule has 1 saturated heterocycles. The third-order valence-corrected chi connectivity index (χ3v) is 7.54. The molecule has 182 valence electrons. The van der Waals surface area contributed by atoms with Crippen molar-refractivity contribution >= 4 is 34.7 Å². The Morgan fingerprint density at radius 1 is 1.12 bits per heavy atom. The molecule has 2 aromatic heterocycles. The Kier molecular flexibility index (Phi) is 8.09. The standard InChI is InChI=1S/C23H31N7O2S2/c1-14-21(15(2)34-23-27-19(24)13-20(25)28-23)29-22(33-14)16-4-5-17(31-3)18(12-16)32-11-10-30-8-6-26-7-9-30/h4-5,12-13,15,26H,6-11H2,1-3H3,(H4,24,25,27,28)/t15-/m1/s1. The maximum absolute atomic E-state index is 6.12. The Bertz CT molecular complexity index is 1100. The van der Waals surface area contributed by atoms with Gasteiger partial charge in [-0.2, -0.15) is 0 Å². The summed E-state index contributed by atoms with van der Waals surface area (Å²) in [5.74, 6) is 2.18. The minimum Gasteiger partial charge on any atom is -0.493 e. The quantitative estimate of drug-likeness (QED) is 0.297. The first-order valence-electron chi connectivity index (χ1n) is 11.2. The van der Waals surface area contributed by atoms with Gasteiger partial charge in [0.2, 0.25) is 0 Å². The summed E-state index contributed by atoms with van der Waals surface area (Å²) in [5.41, 5.74) is 13.6. The molecule has 0 bridgehead atoms. The summed E-state index contributed by atoms with van der Waals surface area (Å²) in [4.78, 5) is 17.0. The van der Waals surface area contributed by atoms with Crippen molar-refractivity contribution in [1.29, 1.82) is 0 Å². The molecule has 1 aliphatic heterocycles. The van der Waals surface area contributed by atoms with Crippen LogP contribution in [0, 0.1) is 6.92 Å². The Morgan fingerprint density at radius 3 is 2.56 bits per heavy atom. The molecule has 3 heterocycles. The van der Waals surface area contributed by atoms with Gasteiger partial charge in [0.05, 0.1) is 18.1 Å². The molecule has 4 rings (SSSR count). The average Bonchev–Trinajstić information content (AvgIpc) is 3.21. The largest absolute Gasteiger partial charge is 0.493 e. The third kappa shape index (κ3) is 6.09. The molecule has 0 amide bonds. The smallest absolute Gasteiger partial charge is 0.192 e. The van der Waals surface area contributed by atoms with Crippen LogP contribution in [0.2, 0.25) is 0 Å². The van der Waals surface area contributed by atoms with E-state index in [0.29, 0.717) is 23.4 Å². The maximum atomic E-state index is 6.12. The Morgan fingerprint density at radius 2 is 1.85 bits per heavy atom. The van der Waals surface area contributed by atoms with E-state index in [2.05, 4.69) is 34.0 Å². The van der Waals surface area contributed by atoms with E-state index in [4.69, 9.17) is 25.9 Å². The fraction of sp³-hybridized carbons (Fsp3) is 0.435. The van der Waals surface area contributed by atoms with Crippen LogP contribution in [0.3, 0.4) is 0 Å². The molecule has 3 aromatic rings. The van der Waals surface area contributed by atoms with E-state index in [-0.39, 0.29) is 5.25 Å². The third-order valence-electron chi connectivity index (χ3n) is 5.53. The van der Waals surface area contributed by atoms with E-state index < -0.39 is 0 Å². The van der Waals surface area contributed by atoms with Crippen molar-refractivity contribution in [3.8, 4) is 22.1 Å². The number of ether oxygens (including phenoxy) is 2. The number of thiazole rings is 1. The highest BCUT2D eigenvalue weighted by Crippen LogP contribution is 2.40. The van der Waals surface area contributed by atoms with Gasteiger partial charge in [0.25, 0.3) is 0 Å². The second-order valence-electron chi connectivity index (χ2n) is 8.03. The lowest BCUT2D eigenvalue weighted by atomic mass is 10.2. The lowest BCUT2D eigenvalue weighted by molar-refractivity contribution is 0.188. The minimum atomic E-state index is 0.0409. The summed E-state index contributed by atoms with van der Waals surface area (Å²) >= 11 is 3.14. The van der Waals surface area contributed by atoms with Gasteiger partial charge >= 0.3 is 0 Å². The highest BCUT2D eigenvalue weighted by atomic mass is 32.2. The molecule has 1 aliphatic rings. The SMILES string of the molecule is COc1ccc(-c2nc([C@@H](C)Sc3nc(N)cc(N)n3)c(C)s2)cc1OCCN1CCNCC1. The van der Waals surface area contributed by atoms with Crippen LogP contribution in [0.4, 0.5) is 11.6 Å². The van der Waals surface area contributed by atoms with Gasteiger partial charge < -0.3 is 26.3 Å². The van der Waals surface area contributed by atoms with Gasteiger partial charge in [0.15, 0.2) is 16.7 Å². The average molecular weight is 502 g/mol. The zero-order valence-electron chi connectivity index (χ0n) is 19.7. The van der Waals surface area contributed by atoms with Gasteiger partial charge in [0.1, 0.15) is 23.3 Å². The first-order valence-corrected chi connectivity index (χ1v) is 12.9. The number of nitrogens with two attached hydrogens (primary N) is 2.